The molecule has 150 valence electrons. The van der Waals surface area contributed by atoms with Crippen molar-refractivity contribution in [2.75, 3.05) is 20.3 Å². The van der Waals surface area contributed by atoms with E-state index in [0.29, 0.717) is 22.8 Å². The van der Waals surface area contributed by atoms with Gasteiger partial charge in [-0.15, -0.1) is 0 Å². The Morgan fingerprint density at radius 3 is 2.59 bits per heavy atom. The van der Waals surface area contributed by atoms with Crippen molar-refractivity contribution >= 4 is 39.7 Å². The highest BCUT2D eigenvalue weighted by molar-refractivity contribution is 9.10. The standard InChI is InChI=1S/C22H19BrO6/c1-3-27-21(24)13-28-18-9-4-14(11-20(18)26-2)10-16-12-19(29-22(16)25)15-5-7-17(23)8-6-15/h4-12H,3,13H2,1-2H3/b16-10+. The summed E-state index contributed by atoms with van der Waals surface area (Å²) < 4.78 is 21.9. The largest absolute Gasteiger partial charge is 0.493 e. The summed E-state index contributed by atoms with van der Waals surface area (Å²) >= 11 is 3.38. The first kappa shape index (κ1) is 20.7. The van der Waals surface area contributed by atoms with Gasteiger partial charge in [0, 0.05) is 10.0 Å². The number of carbonyl (C=O) groups excluding carboxylic acids is 2. The fourth-order valence-electron chi connectivity index (χ4n) is 2.66. The van der Waals surface area contributed by atoms with E-state index in [4.69, 9.17) is 18.9 Å². The van der Waals surface area contributed by atoms with Crippen molar-refractivity contribution in [2.24, 2.45) is 0 Å². The maximum absolute atomic E-state index is 12.2. The number of halogens is 1. The molecule has 0 amide bonds. The minimum Gasteiger partial charge on any atom is -0.493 e. The summed E-state index contributed by atoms with van der Waals surface area (Å²) in [5, 5.41) is 0. The first-order valence-corrected chi connectivity index (χ1v) is 9.67. The molecule has 7 heteroatoms. The van der Waals surface area contributed by atoms with Crippen molar-refractivity contribution in [2.45, 2.75) is 6.92 Å². The third-order valence-corrected chi connectivity index (χ3v) is 4.54. The number of hydrogen-bond acceptors (Lipinski definition) is 6. The summed E-state index contributed by atoms with van der Waals surface area (Å²) in [5.41, 5.74) is 1.96. The van der Waals surface area contributed by atoms with Crippen molar-refractivity contribution in [3.8, 4) is 11.5 Å². The Kier molecular flexibility index (Phi) is 6.72. The summed E-state index contributed by atoms with van der Waals surface area (Å²) in [5.74, 6) is 0.453. The molecule has 2 aromatic rings. The highest BCUT2D eigenvalue weighted by Gasteiger charge is 2.22. The second-order valence-corrected chi connectivity index (χ2v) is 6.92. The number of ether oxygens (including phenoxy) is 4. The van der Waals surface area contributed by atoms with Gasteiger partial charge in [0.15, 0.2) is 18.1 Å². The minimum absolute atomic E-state index is 0.212. The van der Waals surface area contributed by atoms with Crippen LogP contribution in [0.5, 0.6) is 11.5 Å². The molecule has 0 aromatic heterocycles. The molecule has 0 radical (unpaired) electrons. The van der Waals surface area contributed by atoms with E-state index >= 15 is 0 Å². The van der Waals surface area contributed by atoms with E-state index in [1.165, 1.54) is 7.11 Å². The van der Waals surface area contributed by atoms with Crippen LogP contribution in [-0.2, 0) is 19.1 Å². The molecule has 0 atom stereocenters. The summed E-state index contributed by atoms with van der Waals surface area (Å²) in [7, 11) is 1.50. The molecule has 0 aliphatic carbocycles. The first-order valence-electron chi connectivity index (χ1n) is 8.88. The Morgan fingerprint density at radius 2 is 1.90 bits per heavy atom. The van der Waals surface area contributed by atoms with Gasteiger partial charge in [-0.05, 0) is 48.9 Å². The smallest absolute Gasteiger partial charge is 0.344 e. The molecule has 3 rings (SSSR count). The van der Waals surface area contributed by atoms with Crippen molar-refractivity contribution in [3.05, 3.63) is 69.7 Å². The SMILES string of the molecule is CCOC(=O)COc1ccc(/C=C2\C=C(c3ccc(Br)cc3)OC2=O)cc1OC. The van der Waals surface area contributed by atoms with Crippen LogP contribution in [0.1, 0.15) is 18.1 Å². The molecule has 1 heterocycles. The second-order valence-electron chi connectivity index (χ2n) is 6.01. The van der Waals surface area contributed by atoms with Crippen LogP contribution in [0.15, 0.2) is 58.6 Å². The molecule has 1 aliphatic rings. The third kappa shape index (κ3) is 5.26. The van der Waals surface area contributed by atoms with Gasteiger partial charge in [0.05, 0.1) is 19.3 Å². The molecular weight excluding hydrogens is 440 g/mol. The summed E-state index contributed by atoms with van der Waals surface area (Å²) in [4.78, 5) is 23.7. The van der Waals surface area contributed by atoms with Gasteiger partial charge in [-0.25, -0.2) is 9.59 Å². The van der Waals surface area contributed by atoms with Gasteiger partial charge >= 0.3 is 11.9 Å². The highest BCUT2D eigenvalue weighted by Crippen LogP contribution is 2.31. The number of rotatable bonds is 7. The average molecular weight is 459 g/mol. The molecule has 6 nitrogen and oxygen atoms in total. The van der Waals surface area contributed by atoms with Gasteiger partial charge in [0.2, 0.25) is 0 Å². The van der Waals surface area contributed by atoms with Crippen LogP contribution >= 0.6 is 15.9 Å². The van der Waals surface area contributed by atoms with E-state index in [1.54, 1.807) is 37.3 Å². The molecule has 0 saturated heterocycles. The van der Waals surface area contributed by atoms with Crippen molar-refractivity contribution in [3.63, 3.8) is 0 Å². The van der Waals surface area contributed by atoms with Gasteiger partial charge in [0.25, 0.3) is 0 Å². The van der Waals surface area contributed by atoms with Crippen LogP contribution < -0.4 is 9.47 Å². The Hall–Kier alpha value is -3.06. The predicted molar refractivity (Wildman–Crippen MR) is 111 cm³/mol. The highest BCUT2D eigenvalue weighted by atomic mass is 79.9. The van der Waals surface area contributed by atoms with E-state index < -0.39 is 11.9 Å². The van der Waals surface area contributed by atoms with E-state index in [1.807, 2.05) is 24.3 Å². The normalized spacial score (nSPS) is 14.4. The lowest BCUT2D eigenvalue weighted by Crippen LogP contribution is -2.14. The second kappa shape index (κ2) is 9.43. The zero-order chi connectivity index (χ0) is 20.8. The molecule has 0 saturated carbocycles. The molecule has 2 aromatic carbocycles. The average Bonchev–Trinajstić information content (AvgIpc) is 3.08. The number of hydrogen-bond donors (Lipinski definition) is 0. The molecule has 0 fully saturated rings. The maximum atomic E-state index is 12.2. The van der Waals surface area contributed by atoms with Gasteiger partial charge in [-0.1, -0.05) is 34.1 Å². The monoisotopic (exact) mass is 458 g/mol. The summed E-state index contributed by atoms with van der Waals surface area (Å²) in [6.07, 6.45) is 3.40. The first-order chi connectivity index (χ1) is 14.0. The predicted octanol–water partition coefficient (Wildman–Crippen LogP) is 4.38. The van der Waals surface area contributed by atoms with Gasteiger partial charge in [-0.2, -0.15) is 0 Å². The van der Waals surface area contributed by atoms with Crippen LogP contribution in [0.4, 0.5) is 0 Å². The molecule has 0 bridgehead atoms. The molecule has 0 unspecified atom stereocenters. The van der Waals surface area contributed by atoms with Crippen molar-refractivity contribution in [1.29, 1.82) is 0 Å². The molecular formula is C22H19BrO6. The van der Waals surface area contributed by atoms with Crippen LogP contribution in [0.3, 0.4) is 0 Å². The number of esters is 2. The Labute approximate surface area is 176 Å². The number of cyclic esters (lactones) is 1. The molecule has 1 aliphatic heterocycles. The third-order valence-electron chi connectivity index (χ3n) is 4.01. The lowest BCUT2D eigenvalue weighted by molar-refractivity contribution is -0.145. The Bertz CT molecular complexity index is 975. The Balaban J connectivity index is 1.79. The quantitative estimate of drug-likeness (QED) is 0.452. The van der Waals surface area contributed by atoms with E-state index in [0.717, 1.165) is 15.6 Å². The molecule has 0 spiro atoms. The van der Waals surface area contributed by atoms with Crippen LogP contribution in [0.2, 0.25) is 0 Å². The number of carbonyl (C=O) groups is 2. The fourth-order valence-corrected chi connectivity index (χ4v) is 2.92. The van der Waals surface area contributed by atoms with Gasteiger partial charge < -0.3 is 18.9 Å². The zero-order valence-corrected chi connectivity index (χ0v) is 17.5. The van der Waals surface area contributed by atoms with Crippen LogP contribution in [-0.4, -0.2) is 32.3 Å². The summed E-state index contributed by atoms with van der Waals surface area (Å²) in [6.45, 7) is 1.80. The van der Waals surface area contributed by atoms with Gasteiger partial charge in [0.1, 0.15) is 5.76 Å². The van der Waals surface area contributed by atoms with E-state index in [2.05, 4.69) is 15.9 Å². The molecule has 29 heavy (non-hydrogen) atoms. The van der Waals surface area contributed by atoms with Gasteiger partial charge in [-0.3, -0.25) is 0 Å². The fraction of sp³-hybridized carbons (Fsp3) is 0.182. The van der Waals surface area contributed by atoms with E-state index in [-0.39, 0.29) is 13.2 Å². The van der Waals surface area contributed by atoms with Crippen molar-refractivity contribution in [1.82, 2.24) is 0 Å². The summed E-state index contributed by atoms with van der Waals surface area (Å²) in [6, 6.07) is 12.6. The van der Waals surface area contributed by atoms with Crippen molar-refractivity contribution < 1.29 is 28.5 Å². The Morgan fingerprint density at radius 1 is 1.14 bits per heavy atom. The van der Waals surface area contributed by atoms with Crippen LogP contribution in [0.25, 0.3) is 11.8 Å². The minimum atomic E-state index is -0.458. The lowest BCUT2D eigenvalue weighted by atomic mass is 10.1. The molecule has 0 N–H and O–H groups in total. The zero-order valence-electron chi connectivity index (χ0n) is 15.9. The number of benzene rings is 2. The van der Waals surface area contributed by atoms with Crippen LogP contribution in [0, 0.1) is 0 Å². The topological polar surface area (TPSA) is 71.1 Å². The maximum Gasteiger partial charge on any atom is 0.344 e. The van der Waals surface area contributed by atoms with E-state index in [9.17, 15) is 9.59 Å². The lowest BCUT2D eigenvalue weighted by Gasteiger charge is -2.11. The number of methoxy groups -OCH3 is 1.